The highest BCUT2D eigenvalue weighted by Crippen LogP contribution is 2.58. The summed E-state index contributed by atoms with van der Waals surface area (Å²) in [6.07, 6.45) is 14.0. The zero-order chi connectivity index (χ0) is 14.7. The van der Waals surface area contributed by atoms with E-state index >= 15 is 0 Å². The lowest BCUT2D eigenvalue weighted by Crippen LogP contribution is -2.47. The zero-order valence-corrected chi connectivity index (χ0v) is 13.3. The van der Waals surface area contributed by atoms with E-state index in [4.69, 9.17) is 21.1 Å². The Bertz CT molecular complexity index is 574. The van der Waals surface area contributed by atoms with E-state index in [1.165, 1.54) is 5.57 Å². The van der Waals surface area contributed by atoms with Crippen molar-refractivity contribution in [3.8, 4) is 0 Å². The molecule has 5 rings (SSSR count). The van der Waals surface area contributed by atoms with E-state index in [0.29, 0.717) is 12.5 Å². The molecule has 1 saturated heterocycles. The molecule has 5 aliphatic rings. The Kier molecular flexibility index (Phi) is 2.85. The molecule has 0 radical (unpaired) electrons. The largest absolute Gasteiger partial charge is 0.493 e. The van der Waals surface area contributed by atoms with Gasteiger partial charge in [0.15, 0.2) is 5.60 Å². The Labute approximate surface area is 131 Å². The fourth-order valence-electron chi connectivity index (χ4n) is 3.82. The second-order valence-electron chi connectivity index (χ2n) is 6.94. The summed E-state index contributed by atoms with van der Waals surface area (Å²) >= 11 is 6.40. The second kappa shape index (κ2) is 4.42. The minimum atomic E-state index is -0.341. The van der Waals surface area contributed by atoms with E-state index in [1.54, 1.807) is 0 Å². The number of rotatable bonds is 3. The van der Waals surface area contributed by atoms with Crippen LogP contribution < -0.4 is 0 Å². The van der Waals surface area contributed by atoms with Gasteiger partial charge >= 0.3 is 0 Å². The predicted octanol–water partition coefficient (Wildman–Crippen LogP) is 4.48. The number of ether oxygens (including phenoxy) is 2. The summed E-state index contributed by atoms with van der Waals surface area (Å²) in [4.78, 5) is 0. The average Bonchev–Trinajstić information content (AvgIpc) is 2.65. The molecule has 3 aliphatic carbocycles. The monoisotopic (exact) mass is 304 g/mol. The smallest absolute Gasteiger partial charge is 0.166 e. The molecular formula is C18H21ClO2. The Hall–Kier alpha value is -1.15. The van der Waals surface area contributed by atoms with Crippen LogP contribution in [-0.2, 0) is 9.47 Å². The highest BCUT2D eigenvalue weighted by molar-refractivity contribution is 6.21. The van der Waals surface area contributed by atoms with Crippen LogP contribution in [0, 0.1) is 11.3 Å². The summed E-state index contributed by atoms with van der Waals surface area (Å²) in [5.41, 5.74) is 1.01. The van der Waals surface area contributed by atoms with Gasteiger partial charge in [0.2, 0.25) is 0 Å². The summed E-state index contributed by atoms with van der Waals surface area (Å²) in [5, 5.41) is 0.183. The standard InChI is InChI=1S/C18H21ClO2/c1-17-10-16(20-11-12-5-3-4-6-14(12)19)18(2)9-13(17)7-8-15(17)21-18/h3,5,7-8,10,12,14H,4,6,9,11H2,1-2H3/t12?,14?,17-,18-/m1/s1. The molecule has 21 heavy (non-hydrogen) atoms. The first-order valence-corrected chi connectivity index (χ1v) is 8.23. The lowest BCUT2D eigenvalue weighted by molar-refractivity contribution is -0.0588. The summed E-state index contributed by atoms with van der Waals surface area (Å²) in [7, 11) is 0. The number of hydrogen-bond donors (Lipinski definition) is 0. The highest BCUT2D eigenvalue weighted by atomic mass is 35.5. The van der Waals surface area contributed by atoms with Crippen molar-refractivity contribution in [1.82, 2.24) is 0 Å². The molecule has 2 nitrogen and oxygen atoms in total. The van der Waals surface area contributed by atoms with Crippen molar-refractivity contribution in [2.24, 2.45) is 11.3 Å². The third-order valence-electron chi connectivity index (χ3n) is 5.31. The van der Waals surface area contributed by atoms with Crippen molar-refractivity contribution in [2.45, 2.75) is 44.1 Å². The molecule has 0 amide bonds. The van der Waals surface area contributed by atoms with Crippen LogP contribution in [-0.4, -0.2) is 17.6 Å². The third kappa shape index (κ3) is 1.92. The Balaban J connectivity index is 1.55. The Morgan fingerprint density at radius 1 is 1.38 bits per heavy atom. The quantitative estimate of drug-likeness (QED) is 0.565. The average molecular weight is 305 g/mol. The maximum Gasteiger partial charge on any atom is 0.166 e. The predicted molar refractivity (Wildman–Crippen MR) is 83.9 cm³/mol. The van der Waals surface area contributed by atoms with E-state index in [1.807, 2.05) is 0 Å². The van der Waals surface area contributed by atoms with Crippen molar-refractivity contribution in [3.05, 3.63) is 47.5 Å². The van der Waals surface area contributed by atoms with Crippen LogP contribution in [0.5, 0.6) is 0 Å². The first kappa shape index (κ1) is 13.5. The van der Waals surface area contributed by atoms with Crippen LogP contribution in [0.1, 0.15) is 33.1 Å². The van der Waals surface area contributed by atoms with Crippen LogP contribution in [0.2, 0.25) is 0 Å². The fourth-order valence-corrected chi connectivity index (χ4v) is 4.11. The molecule has 0 spiro atoms. The van der Waals surface area contributed by atoms with Gasteiger partial charge in [-0.25, -0.2) is 0 Å². The van der Waals surface area contributed by atoms with Gasteiger partial charge in [-0.15, -0.1) is 11.6 Å². The van der Waals surface area contributed by atoms with Crippen molar-refractivity contribution < 1.29 is 9.47 Å². The molecule has 0 aromatic rings. The van der Waals surface area contributed by atoms with Gasteiger partial charge in [-0.05, 0) is 44.4 Å². The number of halogens is 1. The van der Waals surface area contributed by atoms with Gasteiger partial charge in [0.05, 0.1) is 12.0 Å². The minimum absolute atomic E-state index is 0.0874. The van der Waals surface area contributed by atoms with Gasteiger partial charge in [-0.1, -0.05) is 18.2 Å². The topological polar surface area (TPSA) is 18.5 Å². The van der Waals surface area contributed by atoms with E-state index in [0.717, 1.165) is 30.8 Å². The molecule has 0 aromatic heterocycles. The van der Waals surface area contributed by atoms with E-state index in [9.17, 15) is 0 Å². The summed E-state index contributed by atoms with van der Waals surface area (Å²) in [5.74, 6) is 2.34. The molecule has 0 N–H and O–H groups in total. The first-order valence-electron chi connectivity index (χ1n) is 7.79. The van der Waals surface area contributed by atoms with Crippen LogP contribution in [0.25, 0.3) is 0 Å². The van der Waals surface area contributed by atoms with Gasteiger partial charge in [0, 0.05) is 17.7 Å². The maximum atomic E-state index is 6.40. The number of allylic oxidation sites excluding steroid dienone is 4. The molecule has 2 unspecified atom stereocenters. The van der Waals surface area contributed by atoms with E-state index in [2.05, 4.69) is 44.2 Å². The number of alkyl halides is 1. The van der Waals surface area contributed by atoms with Crippen LogP contribution in [0.3, 0.4) is 0 Å². The molecule has 0 aromatic carbocycles. The fraction of sp³-hybridized carbons (Fsp3) is 0.556. The normalized spacial score (nSPS) is 43.1. The molecule has 2 heterocycles. The van der Waals surface area contributed by atoms with Gasteiger partial charge in [0.1, 0.15) is 11.5 Å². The van der Waals surface area contributed by atoms with Crippen LogP contribution >= 0.6 is 11.6 Å². The minimum Gasteiger partial charge on any atom is -0.493 e. The Morgan fingerprint density at radius 2 is 2.24 bits per heavy atom. The zero-order valence-electron chi connectivity index (χ0n) is 12.6. The maximum absolute atomic E-state index is 6.40. The molecule has 3 heteroatoms. The second-order valence-corrected chi connectivity index (χ2v) is 7.50. The van der Waals surface area contributed by atoms with Crippen LogP contribution in [0.15, 0.2) is 47.5 Å². The molecule has 0 saturated carbocycles. The van der Waals surface area contributed by atoms with Crippen LogP contribution in [0.4, 0.5) is 0 Å². The molecule has 2 aliphatic heterocycles. The highest BCUT2D eigenvalue weighted by Gasteiger charge is 2.55. The Morgan fingerprint density at radius 3 is 3.00 bits per heavy atom. The van der Waals surface area contributed by atoms with Gasteiger partial charge in [-0.2, -0.15) is 0 Å². The molecule has 4 bridgehead atoms. The SMILES string of the molecule is C[C@@]12C=C(OCC3C=CCCC3Cl)[C@@]3(C)CC1=CC=C2O3. The van der Waals surface area contributed by atoms with E-state index in [-0.39, 0.29) is 16.4 Å². The third-order valence-corrected chi connectivity index (χ3v) is 5.85. The van der Waals surface area contributed by atoms with E-state index < -0.39 is 0 Å². The summed E-state index contributed by atoms with van der Waals surface area (Å²) in [6.45, 7) is 4.98. The lowest BCUT2D eigenvalue weighted by Gasteiger charge is -2.49. The molecule has 1 fully saturated rings. The van der Waals surface area contributed by atoms with Gasteiger partial charge in [0.25, 0.3) is 0 Å². The number of hydrogen-bond acceptors (Lipinski definition) is 2. The summed E-state index contributed by atoms with van der Waals surface area (Å²) < 4.78 is 12.4. The van der Waals surface area contributed by atoms with Crippen molar-refractivity contribution in [3.63, 3.8) is 0 Å². The van der Waals surface area contributed by atoms with Crippen molar-refractivity contribution in [2.75, 3.05) is 6.61 Å². The molecular weight excluding hydrogens is 284 g/mol. The van der Waals surface area contributed by atoms with Crippen molar-refractivity contribution >= 4 is 11.6 Å². The first-order chi connectivity index (χ1) is 10.0. The van der Waals surface area contributed by atoms with Gasteiger partial charge in [-0.3, -0.25) is 0 Å². The summed E-state index contributed by atoms with van der Waals surface area (Å²) in [6, 6.07) is 0. The van der Waals surface area contributed by atoms with Crippen molar-refractivity contribution in [1.29, 1.82) is 0 Å². The lowest BCUT2D eigenvalue weighted by atomic mass is 9.69. The molecule has 112 valence electrons. The molecule has 4 atom stereocenters. The van der Waals surface area contributed by atoms with Gasteiger partial charge < -0.3 is 9.47 Å².